The Balaban J connectivity index is 0.00000102. The van der Waals surface area contributed by atoms with Crippen LogP contribution in [0.3, 0.4) is 0 Å². The summed E-state index contributed by atoms with van der Waals surface area (Å²) in [4.78, 5) is 72.8. The van der Waals surface area contributed by atoms with Crippen molar-refractivity contribution in [1.82, 2.24) is 24.8 Å². The molecule has 0 aliphatic rings. The third-order valence-corrected chi connectivity index (χ3v) is 5.49. The number of esters is 1. The van der Waals surface area contributed by atoms with E-state index in [2.05, 4.69) is 25.5 Å². The molecule has 15 nitrogen and oxygen atoms in total. The number of carboxylic acids is 1. The quantitative estimate of drug-likeness (QED) is 0.144. The van der Waals surface area contributed by atoms with Crippen LogP contribution >= 0.6 is 0 Å². The summed E-state index contributed by atoms with van der Waals surface area (Å²) in [6.45, 7) is 2.68. The van der Waals surface area contributed by atoms with Gasteiger partial charge in [0, 0.05) is 43.7 Å². The molecule has 3 N–H and O–H groups in total. The topological polar surface area (TPSA) is 199 Å². The fourth-order valence-electron chi connectivity index (χ4n) is 3.32. The first-order chi connectivity index (χ1) is 20.6. The number of ether oxygens (including phenoxy) is 2. The van der Waals surface area contributed by atoms with Crippen LogP contribution in [0.15, 0.2) is 42.9 Å². The van der Waals surface area contributed by atoms with E-state index < -0.39 is 43.2 Å². The van der Waals surface area contributed by atoms with Gasteiger partial charge in [0.2, 0.25) is 13.1 Å². The summed E-state index contributed by atoms with van der Waals surface area (Å²) in [5, 5.41) is 18.4. The molecule has 3 amide bonds. The molecule has 2 heterocycles. The number of alkyl halides is 3. The van der Waals surface area contributed by atoms with Crippen molar-refractivity contribution in [3.8, 4) is 0 Å². The average Bonchev–Trinajstić information content (AvgIpc) is 3.32. The van der Waals surface area contributed by atoms with Crippen molar-refractivity contribution in [3.63, 3.8) is 0 Å². The Bertz CT molecular complexity index is 1620. The minimum absolute atomic E-state index is 0.130. The number of hydrogen-bond donors (Lipinski definition) is 3. The molecule has 44 heavy (non-hydrogen) atoms. The lowest BCUT2D eigenvalue weighted by molar-refractivity contribution is -0.156. The fraction of sp³-hybridized carbons (Fsp3) is 0.231. The molecule has 0 radical (unpaired) electrons. The van der Waals surface area contributed by atoms with Crippen molar-refractivity contribution in [2.45, 2.75) is 20.0 Å². The van der Waals surface area contributed by atoms with Crippen LogP contribution in [0, 0.1) is 13.8 Å². The van der Waals surface area contributed by atoms with Crippen molar-refractivity contribution < 1.29 is 56.5 Å². The van der Waals surface area contributed by atoms with Gasteiger partial charge < -0.3 is 25.2 Å². The number of carbonyl (C=O) groups excluding carboxylic acids is 5. The highest BCUT2D eigenvalue weighted by Gasteiger charge is 2.26. The van der Waals surface area contributed by atoms with E-state index in [1.807, 2.05) is 6.92 Å². The van der Waals surface area contributed by atoms with E-state index in [9.17, 15) is 37.1 Å². The van der Waals surface area contributed by atoms with E-state index in [1.165, 1.54) is 31.1 Å². The first kappa shape index (κ1) is 34.4. The molecule has 2 aromatic heterocycles. The predicted molar refractivity (Wildman–Crippen MR) is 144 cm³/mol. The van der Waals surface area contributed by atoms with Gasteiger partial charge in [-0.15, -0.1) is 0 Å². The number of carboxylic acid groups (broad SMARTS) is 1. The molecule has 234 valence electrons. The lowest BCUT2D eigenvalue weighted by Gasteiger charge is -2.15. The predicted octanol–water partition coefficient (Wildman–Crippen LogP) is 2.55. The Kier molecular flexibility index (Phi) is 11.6. The van der Waals surface area contributed by atoms with Gasteiger partial charge in [0.15, 0.2) is 5.82 Å². The Morgan fingerprint density at radius 1 is 1.11 bits per heavy atom. The fourth-order valence-corrected chi connectivity index (χ4v) is 3.32. The Hall–Kier alpha value is -5.81. The molecule has 0 spiro atoms. The van der Waals surface area contributed by atoms with Crippen molar-refractivity contribution >= 4 is 53.2 Å². The van der Waals surface area contributed by atoms with Crippen LogP contribution in [0.2, 0.25) is 0 Å². The molecule has 0 unspecified atom stereocenters. The molecule has 0 saturated heterocycles. The van der Waals surface area contributed by atoms with Crippen LogP contribution in [0.5, 0.6) is 0 Å². The number of halogens is 3. The maximum atomic E-state index is 13.0. The smallest absolute Gasteiger partial charge is 0.446 e. The molecule has 0 fully saturated rings. The van der Waals surface area contributed by atoms with E-state index in [1.54, 1.807) is 25.1 Å². The Morgan fingerprint density at radius 3 is 2.36 bits per heavy atom. The Labute approximate surface area is 246 Å². The maximum Gasteiger partial charge on any atom is 0.446 e. The summed E-state index contributed by atoms with van der Waals surface area (Å²) in [5.41, 5.74) is 2.96. The van der Waals surface area contributed by atoms with Gasteiger partial charge in [-0.3, -0.25) is 14.4 Å². The lowest BCUT2D eigenvalue weighted by atomic mass is 10.1. The number of aryl methyl sites for hydroxylation is 2. The highest BCUT2D eigenvalue weighted by molar-refractivity contribution is 6.05. The normalized spacial score (nSPS) is 10.8. The van der Waals surface area contributed by atoms with E-state index in [0.717, 1.165) is 5.56 Å². The van der Waals surface area contributed by atoms with Gasteiger partial charge in [0.1, 0.15) is 11.8 Å². The van der Waals surface area contributed by atoms with Gasteiger partial charge >= 0.3 is 24.2 Å². The van der Waals surface area contributed by atoms with Gasteiger partial charge in [-0.25, -0.2) is 28.8 Å². The van der Waals surface area contributed by atoms with Crippen LogP contribution in [0.4, 0.5) is 29.5 Å². The van der Waals surface area contributed by atoms with Crippen molar-refractivity contribution in [2.75, 3.05) is 26.2 Å². The number of anilines is 2. The van der Waals surface area contributed by atoms with Gasteiger partial charge in [-0.2, -0.15) is 18.3 Å². The van der Waals surface area contributed by atoms with Crippen LogP contribution in [-0.4, -0.2) is 87.8 Å². The van der Waals surface area contributed by atoms with Gasteiger partial charge in [-0.1, -0.05) is 6.07 Å². The number of aromatic nitrogens is 3. The minimum atomic E-state index is -4.64. The third kappa shape index (κ3) is 9.36. The number of rotatable bonds is 8. The van der Waals surface area contributed by atoms with Gasteiger partial charge in [0.25, 0.3) is 11.8 Å². The molecule has 0 saturated carbocycles. The zero-order valence-electron chi connectivity index (χ0n) is 23.5. The van der Waals surface area contributed by atoms with Crippen LogP contribution in [0.1, 0.15) is 31.8 Å². The van der Waals surface area contributed by atoms with E-state index in [4.69, 9.17) is 14.6 Å². The Morgan fingerprint density at radius 2 is 1.77 bits per heavy atom. The summed E-state index contributed by atoms with van der Waals surface area (Å²) in [7, 11) is 2.71. The number of aliphatic carboxylic acids is 1. The maximum absolute atomic E-state index is 13.0. The molecule has 0 bridgehead atoms. The summed E-state index contributed by atoms with van der Waals surface area (Å²) in [6, 6.07) is 5.15. The number of nitrogens with zero attached hydrogens (tertiary/aromatic N) is 4. The SMILES string of the molecule is CNC(=O)c1ccc(C)c(Nc2ncnn3cc(C(=O)N(C)C(=O)OCOC(=O)/C=C/C(=O)O)c(C)c23)c1.O=CC(F)(F)F. The number of fused-ring (bicyclic) bond motifs is 1. The molecule has 3 rings (SSSR count). The molecule has 3 aromatic rings. The summed E-state index contributed by atoms with van der Waals surface area (Å²) in [5.74, 6) is -3.01. The second-order valence-electron chi connectivity index (χ2n) is 8.49. The largest absolute Gasteiger partial charge is 0.478 e. The third-order valence-electron chi connectivity index (χ3n) is 5.49. The molecule has 0 atom stereocenters. The van der Waals surface area contributed by atoms with Crippen LogP contribution < -0.4 is 10.6 Å². The number of aldehydes is 1. The van der Waals surface area contributed by atoms with Crippen molar-refractivity contribution in [2.24, 2.45) is 0 Å². The van der Waals surface area contributed by atoms with E-state index in [0.29, 0.717) is 45.2 Å². The van der Waals surface area contributed by atoms with Gasteiger partial charge in [0.05, 0.1) is 5.56 Å². The summed E-state index contributed by atoms with van der Waals surface area (Å²) in [6.07, 6.45) is -2.89. The molecule has 18 heteroatoms. The molecule has 1 aromatic carbocycles. The standard InChI is InChI=1S/C24H24N6O8.C2HF3O/c1-13-5-6-15(22(34)25-3)9-17(13)28-21-20-14(2)16(10-30(20)27-11-26-21)23(35)29(4)24(36)38-12-37-19(33)8-7-18(31)32;3-2(4,5)1-6/h5-11H,12H2,1-4H3,(H,25,34)(H,31,32)(H,26,27,28);1H/b8-7+;. The average molecular weight is 623 g/mol. The first-order valence-electron chi connectivity index (χ1n) is 12.1. The summed E-state index contributed by atoms with van der Waals surface area (Å²) < 4.78 is 42.0. The lowest BCUT2D eigenvalue weighted by Crippen LogP contribution is -2.34. The number of carbonyl (C=O) groups is 6. The second-order valence-corrected chi connectivity index (χ2v) is 8.49. The molecule has 0 aliphatic carbocycles. The van der Waals surface area contributed by atoms with E-state index >= 15 is 0 Å². The van der Waals surface area contributed by atoms with Crippen molar-refractivity contribution in [1.29, 1.82) is 0 Å². The van der Waals surface area contributed by atoms with E-state index in [-0.39, 0.29) is 11.5 Å². The van der Waals surface area contributed by atoms with Crippen LogP contribution in [-0.2, 0) is 23.9 Å². The van der Waals surface area contributed by atoms with Crippen molar-refractivity contribution in [3.05, 3.63) is 65.1 Å². The molecular weight excluding hydrogens is 597 g/mol. The number of amides is 3. The summed E-state index contributed by atoms with van der Waals surface area (Å²) >= 11 is 0. The zero-order valence-corrected chi connectivity index (χ0v) is 23.5. The second kappa shape index (κ2) is 14.9. The molecular formula is C26H25F3N6O9. The molecule has 0 aliphatic heterocycles. The zero-order chi connectivity index (χ0) is 33.2. The van der Waals surface area contributed by atoms with Gasteiger partial charge in [-0.05, 0) is 37.1 Å². The number of benzene rings is 1. The number of hydrogen-bond acceptors (Lipinski definition) is 11. The van der Waals surface area contributed by atoms with Crippen LogP contribution in [0.25, 0.3) is 5.52 Å². The first-order valence-corrected chi connectivity index (χ1v) is 12.1. The highest BCUT2D eigenvalue weighted by Crippen LogP contribution is 2.28. The minimum Gasteiger partial charge on any atom is -0.478 e. The monoisotopic (exact) mass is 622 g/mol. The number of imide groups is 1. The highest BCUT2D eigenvalue weighted by atomic mass is 19.4. The number of nitrogens with one attached hydrogen (secondary N) is 2.